The minimum absolute atomic E-state index is 0.0120. The summed E-state index contributed by atoms with van der Waals surface area (Å²) in [6.07, 6.45) is 21.2. The number of phenols is 2. The molecule has 0 saturated heterocycles. The van der Waals surface area contributed by atoms with Crippen molar-refractivity contribution in [1.82, 2.24) is 5.32 Å². The van der Waals surface area contributed by atoms with Gasteiger partial charge in [0.25, 0.3) is 0 Å². The fourth-order valence-corrected chi connectivity index (χ4v) is 7.14. The second-order valence-corrected chi connectivity index (χ2v) is 13.4. The Morgan fingerprint density at radius 1 is 0.723 bits per heavy atom. The van der Waals surface area contributed by atoms with Gasteiger partial charge in [-0.05, 0) is 36.8 Å². The van der Waals surface area contributed by atoms with Gasteiger partial charge in [0.15, 0.2) is 10.7 Å². The van der Waals surface area contributed by atoms with Gasteiger partial charge in [0, 0.05) is 35.9 Å². The Balaban J connectivity index is 1.10. The Hall–Kier alpha value is -3.78. The number of carbonyl (C=O) groups is 1. The van der Waals surface area contributed by atoms with E-state index in [1.54, 1.807) is 30.3 Å². The van der Waals surface area contributed by atoms with Crippen LogP contribution < -0.4 is 15.4 Å². The molecule has 1 unspecified atom stereocenters. The number of hydrogen-bond donors (Lipinski definition) is 4. The SMILES string of the molecule is CCCCCCCCCCCCCCCCCCNC(=S)Nc1cc(O)cc2c1C1(OC(=O)c3ccccc31)c1ccc(O)cc1O2. The van der Waals surface area contributed by atoms with E-state index in [1.165, 1.54) is 102 Å². The minimum Gasteiger partial charge on any atom is -0.508 e. The first-order valence-corrected chi connectivity index (χ1v) is 18.1. The molecule has 0 amide bonds. The second kappa shape index (κ2) is 16.9. The summed E-state index contributed by atoms with van der Waals surface area (Å²) < 4.78 is 12.4. The number of benzene rings is 3. The van der Waals surface area contributed by atoms with Crippen LogP contribution in [0.4, 0.5) is 5.69 Å². The van der Waals surface area contributed by atoms with Crippen molar-refractivity contribution in [2.24, 2.45) is 0 Å². The lowest BCUT2D eigenvalue weighted by Crippen LogP contribution is -2.36. The van der Waals surface area contributed by atoms with Crippen molar-refractivity contribution in [3.63, 3.8) is 0 Å². The van der Waals surface area contributed by atoms with Crippen molar-refractivity contribution in [2.45, 2.75) is 115 Å². The zero-order chi connectivity index (χ0) is 33.1. The number of thiocarbonyl (C=S) groups is 1. The molecule has 0 radical (unpaired) electrons. The molecule has 1 atom stereocenters. The zero-order valence-electron chi connectivity index (χ0n) is 27.7. The molecule has 0 aromatic heterocycles. The highest BCUT2D eigenvalue weighted by molar-refractivity contribution is 7.80. The van der Waals surface area contributed by atoms with Gasteiger partial charge < -0.3 is 30.3 Å². The van der Waals surface area contributed by atoms with Gasteiger partial charge in [0.1, 0.15) is 23.0 Å². The number of esters is 1. The summed E-state index contributed by atoms with van der Waals surface area (Å²) in [5.74, 6) is 0.148. The maximum Gasteiger partial charge on any atom is 0.340 e. The Labute approximate surface area is 285 Å². The van der Waals surface area contributed by atoms with E-state index in [-0.39, 0.29) is 11.5 Å². The van der Waals surface area contributed by atoms with Gasteiger partial charge in [0.05, 0.1) is 16.8 Å². The van der Waals surface area contributed by atoms with E-state index in [1.807, 2.05) is 12.1 Å². The maximum absolute atomic E-state index is 13.2. The number of unbranched alkanes of at least 4 members (excludes halogenated alkanes) is 15. The second-order valence-electron chi connectivity index (χ2n) is 12.9. The van der Waals surface area contributed by atoms with Gasteiger partial charge in [-0.2, -0.15) is 0 Å². The van der Waals surface area contributed by atoms with Crippen LogP contribution in [0.1, 0.15) is 137 Å². The number of phenolic OH excluding ortho intramolecular Hbond substituents is 2. The van der Waals surface area contributed by atoms with Gasteiger partial charge >= 0.3 is 5.97 Å². The number of aromatic hydroxyl groups is 2. The monoisotopic (exact) mass is 658 g/mol. The van der Waals surface area contributed by atoms with E-state index in [9.17, 15) is 15.0 Å². The predicted octanol–water partition coefficient (Wildman–Crippen LogP) is 10.2. The summed E-state index contributed by atoms with van der Waals surface area (Å²) in [7, 11) is 0. The Morgan fingerprint density at radius 3 is 1.98 bits per heavy atom. The molecule has 0 bridgehead atoms. The molecule has 3 aromatic rings. The van der Waals surface area contributed by atoms with Crippen LogP contribution in [0.25, 0.3) is 0 Å². The third-order valence-corrected chi connectivity index (χ3v) is 9.59. The lowest BCUT2D eigenvalue weighted by Gasteiger charge is -2.38. The van der Waals surface area contributed by atoms with E-state index < -0.39 is 11.6 Å². The average molecular weight is 659 g/mol. The number of hydrogen-bond acceptors (Lipinski definition) is 6. The summed E-state index contributed by atoms with van der Waals surface area (Å²) in [6.45, 7) is 3.00. The predicted molar refractivity (Wildman–Crippen MR) is 192 cm³/mol. The summed E-state index contributed by atoms with van der Waals surface area (Å²) >= 11 is 5.67. The molecule has 2 aliphatic rings. The number of ether oxygens (including phenoxy) is 2. The van der Waals surface area contributed by atoms with Crippen LogP contribution in [-0.4, -0.2) is 27.8 Å². The van der Waals surface area contributed by atoms with Gasteiger partial charge in [-0.3, -0.25) is 0 Å². The Kier molecular flexibility index (Phi) is 12.4. The molecule has 252 valence electrons. The van der Waals surface area contributed by atoms with E-state index >= 15 is 0 Å². The summed E-state index contributed by atoms with van der Waals surface area (Å²) in [4.78, 5) is 13.2. The average Bonchev–Trinajstić information content (AvgIpc) is 3.34. The van der Waals surface area contributed by atoms with Crippen LogP contribution in [-0.2, 0) is 10.3 Å². The van der Waals surface area contributed by atoms with Crippen LogP contribution in [0.2, 0.25) is 0 Å². The first-order valence-electron chi connectivity index (χ1n) is 17.7. The molecule has 1 spiro atoms. The maximum atomic E-state index is 13.2. The van der Waals surface area contributed by atoms with E-state index in [0.717, 1.165) is 19.4 Å². The molecule has 2 heterocycles. The van der Waals surface area contributed by atoms with Crippen LogP contribution in [0.5, 0.6) is 23.0 Å². The third-order valence-electron chi connectivity index (χ3n) is 9.34. The van der Waals surface area contributed by atoms with Gasteiger partial charge in [-0.15, -0.1) is 0 Å². The lowest BCUT2D eigenvalue weighted by molar-refractivity contribution is 0.0226. The molecule has 0 fully saturated rings. The molecule has 0 aliphatic carbocycles. The smallest absolute Gasteiger partial charge is 0.340 e. The van der Waals surface area contributed by atoms with E-state index in [0.29, 0.717) is 44.6 Å². The standard InChI is InChI=1S/C39H50N2O5S/c1-2-3-4-5-6-7-8-9-10-11-12-13-14-15-16-19-24-40-38(47)41-33-25-29(43)27-35-36(33)39(32-23-22-28(42)26-34(32)45-35)31-21-18-17-20-30(31)37(44)46-39/h17-18,20-23,25-27,42-43H,2-16,19,24H2,1H3,(H2,40,41,47). The van der Waals surface area contributed by atoms with Gasteiger partial charge in [0.2, 0.25) is 0 Å². The number of nitrogens with one attached hydrogen (secondary N) is 2. The molecule has 8 heteroatoms. The largest absolute Gasteiger partial charge is 0.508 e. The Bertz CT molecular complexity index is 1530. The molecule has 47 heavy (non-hydrogen) atoms. The molecular weight excluding hydrogens is 609 g/mol. The molecule has 3 aromatic carbocycles. The van der Waals surface area contributed by atoms with Crippen molar-refractivity contribution < 1.29 is 24.5 Å². The number of anilines is 1. The number of fused-ring (bicyclic) bond motifs is 6. The first-order chi connectivity index (χ1) is 22.9. The van der Waals surface area contributed by atoms with E-state index in [4.69, 9.17) is 21.7 Å². The molecule has 5 rings (SSSR count). The van der Waals surface area contributed by atoms with Crippen molar-refractivity contribution in [1.29, 1.82) is 0 Å². The van der Waals surface area contributed by atoms with Crippen LogP contribution in [0.15, 0.2) is 54.6 Å². The van der Waals surface area contributed by atoms with Crippen LogP contribution in [0.3, 0.4) is 0 Å². The van der Waals surface area contributed by atoms with Crippen molar-refractivity contribution >= 4 is 29.0 Å². The third kappa shape index (κ3) is 8.39. The summed E-state index contributed by atoms with van der Waals surface area (Å²) in [6, 6.07) is 15.0. The van der Waals surface area contributed by atoms with Crippen LogP contribution >= 0.6 is 12.2 Å². The molecule has 0 saturated carbocycles. The highest BCUT2D eigenvalue weighted by Crippen LogP contribution is 2.59. The van der Waals surface area contributed by atoms with Crippen molar-refractivity contribution in [3.05, 3.63) is 76.9 Å². The zero-order valence-corrected chi connectivity index (χ0v) is 28.6. The highest BCUT2D eigenvalue weighted by Gasteiger charge is 2.55. The first kappa shape index (κ1) is 34.6. The molecule has 4 N–H and O–H groups in total. The van der Waals surface area contributed by atoms with Gasteiger partial charge in [-0.1, -0.05) is 121 Å². The molecular formula is C39H50N2O5S. The fourth-order valence-electron chi connectivity index (χ4n) is 6.93. The van der Waals surface area contributed by atoms with Crippen LogP contribution in [0, 0.1) is 0 Å². The van der Waals surface area contributed by atoms with Crippen molar-refractivity contribution in [2.75, 3.05) is 11.9 Å². The number of rotatable bonds is 18. The summed E-state index contributed by atoms with van der Waals surface area (Å²) in [5, 5.41) is 27.8. The van der Waals surface area contributed by atoms with Gasteiger partial charge in [-0.25, -0.2) is 4.79 Å². The highest BCUT2D eigenvalue weighted by atomic mass is 32.1. The van der Waals surface area contributed by atoms with Crippen molar-refractivity contribution in [3.8, 4) is 23.0 Å². The molecule has 7 nitrogen and oxygen atoms in total. The fraction of sp³-hybridized carbons (Fsp3) is 0.487. The quantitative estimate of drug-likeness (QED) is 0.0609. The normalized spacial score (nSPS) is 15.8. The topological polar surface area (TPSA) is 100 Å². The molecule has 2 aliphatic heterocycles. The Morgan fingerprint density at radius 2 is 1.32 bits per heavy atom. The lowest BCUT2D eigenvalue weighted by atomic mass is 9.77. The summed E-state index contributed by atoms with van der Waals surface area (Å²) in [5.41, 5.74) is 1.31. The minimum atomic E-state index is -1.36. The van der Waals surface area contributed by atoms with E-state index in [2.05, 4.69) is 17.6 Å². The number of carbonyl (C=O) groups excluding carboxylic acids is 1.